The second-order valence-electron chi connectivity index (χ2n) is 3.81. The molecule has 0 fully saturated rings. The third-order valence-electron chi connectivity index (χ3n) is 2.40. The Bertz CT molecular complexity index is 630. The topological polar surface area (TPSA) is 65.2 Å². The lowest BCUT2D eigenvalue weighted by Gasteiger charge is -2.01. The van der Waals surface area contributed by atoms with Crippen molar-refractivity contribution in [3.05, 3.63) is 52.0 Å². The first-order valence-electron chi connectivity index (χ1n) is 5.39. The van der Waals surface area contributed by atoms with Gasteiger partial charge in [0.1, 0.15) is 17.2 Å². The fourth-order valence-electron chi connectivity index (χ4n) is 1.44. The summed E-state index contributed by atoms with van der Waals surface area (Å²) in [4.78, 5) is 0. The van der Waals surface area contributed by atoms with Crippen LogP contribution in [0, 0.1) is 0 Å². The number of rotatable bonds is 3. The van der Waals surface area contributed by atoms with E-state index < -0.39 is 0 Å². The Morgan fingerprint density at radius 2 is 1.79 bits per heavy atom. The minimum atomic E-state index is -0.0267. The van der Waals surface area contributed by atoms with Crippen LogP contribution in [-0.2, 0) is 6.54 Å². The standard InChI is InChI=1S/C13H10Cl2N2O2/c14-9-2-4-12(11(15)5-9)17-16-7-8-1-3-10(18)6-13(8)19/h1-6,18-19H,7H2. The average molecular weight is 297 g/mol. The van der Waals surface area contributed by atoms with Gasteiger partial charge in [-0.2, -0.15) is 10.2 Å². The second kappa shape index (κ2) is 5.91. The summed E-state index contributed by atoms with van der Waals surface area (Å²) in [5.41, 5.74) is 1.07. The first-order chi connectivity index (χ1) is 9.06. The zero-order chi connectivity index (χ0) is 13.8. The van der Waals surface area contributed by atoms with Gasteiger partial charge in [0.25, 0.3) is 0 Å². The van der Waals surface area contributed by atoms with Crippen molar-refractivity contribution in [2.24, 2.45) is 10.2 Å². The molecule has 0 atom stereocenters. The van der Waals surface area contributed by atoms with E-state index in [1.807, 2.05) is 0 Å². The molecule has 0 unspecified atom stereocenters. The molecule has 0 spiro atoms. The lowest BCUT2D eigenvalue weighted by atomic mass is 10.2. The van der Waals surface area contributed by atoms with Crippen molar-refractivity contribution in [2.45, 2.75) is 6.54 Å². The van der Waals surface area contributed by atoms with Gasteiger partial charge in [-0.3, -0.25) is 0 Å². The van der Waals surface area contributed by atoms with Crippen molar-refractivity contribution in [2.75, 3.05) is 0 Å². The number of phenolic OH excluding ortho intramolecular Hbond substituents is 2. The summed E-state index contributed by atoms with van der Waals surface area (Å²) >= 11 is 11.7. The maximum absolute atomic E-state index is 9.57. The van der Waals surface area contributed by atoms with E-state index >= 15 is 0 Å². The molecule has 0 radical (unpaired) electrons. The van der Waals surface area contributed by atoms with Crippen LogP contribution in [-0.4, -0.2) is 10.2 Å². The van der Waals surface area contributed by atoms with Crippen LogP contribution < -0.4 is 0 Å². The summed E-state index contributed by atoms with van der Waals surface area (Å²) in [5.74, 6) is -0.0277. The smallest absolute Gasteiger partial charge is 0.124 e. The normalized spacial score (nSPS) is 11.1. The van der Waals surface area contributed by atoms with Gasteiger partial charge in [0, 0.05) is 16.7 Å². The van der Waals surface area contributed by atoms with Crippen LogP contribution in [0.25, 0.3) is 0 Å². The molecule has 2 N–H and O–H groups in total. The number of hydrogen-bond acceptors (Lipinski definition) is 4. The lowest BCUT2D eigenvalue weighted by Crippen LogP contribution is -1.81. The molecule has 0 aliphatic heterocycles. The summed E-state index contributed by atoms with van der Waals surface area (Å²) in [6.07, 6.45) is 0. The largest absolute Gasteiger partial charge is 0.508 e. The molecule has 19 heavy (non-hydrogen) atoms. The van der Waals surface area contributed by atoms with Gasteiger partial charge in [-0.05, 0) is 30.3 Å². The highest BCUT2D eigenvalue weighted by Gasteiger charge is 2.02. The van der Waals surface area contributed by atoms with Crippen LogP contribution >= 0.6 is 23.2 Å². The van der Waals surface area contributed by atoms with E-state index in [-0.39, 0.29) is 18.0 Å². The number of benzene rings is 2. The molecular weight excluding hydrogens is 287 g/mol. The molecule has 6 heteroatoms. The Morgan fingerprint density at radius 3 is 2.47 bits per heavy atom. The Labute approximate surface area is 119 Å². The van der Waals surface area contributed by atoms with E-state index in [1.54, 1.807) is 24.3 Å². The lowest BCUT2D eigenvalue weighted by molar-refractivity contribution is 0.446. The van der Waals surface area contributed by atoms with Gasteiger partial charge in [-0.25, -0.2) is 0 Å². The monoisotopic (exact) mass is 296 g/mol. The van der Waals surface area contributed by atoms with Crippen LogP contribution in [0.15, 0.2) is 46.6 Å². The van der Waals surface area contributed by atoms with Crippen LogP contribution in [0.5, 0.6) is 11.5 Å². The number of phenols is 2. The summed E-state index contributed by atoms with van der Waals surface area (Å²) in [6.45, 7) is 0.186. The highest BCUT2D eigenvalue weighted by atomic mass is 35.5. The molecule has 0 amide bonds. The minimum absolute atomic E-state index is 0.000987. The summed E-state index contributed by atoms with van der Waals surface area (Å²) in [5, 5.41) is 27.6. The molecule has 0 aliphatic carbocycles. The summed E-state index contributed by atoms with van der Waals surface area (Å²) in [7, 11) is 0. The van der Waals surface area contributed by atoms with E-state index in [0.29, 0.717) is 21.3 Å². The number of azo groups is 1. The Morgan fingerprint density at radius 1 is 1.00 bits per heavy atom. The highest BCUT2D eigenvalue weighted by molar-refractivity contribution is 6.36. The zero-order valence-corrected chi connectivity index (χ0v) is 11.2. The van der Waals surface area contributed by atoms with Gasteiger partial charge in [0.2, 0.25) is 0 Å². The molecule has 2 aromatic carbocycles. The molecule has 0 aliphatic rings. The fraction of sp³-hybridized carbons (Fsp3) is 0.0769. The van der Waals surface area contributed by atoms with Crippen molar-refractivity contribution in [3.63, 3.8) is 0 Å². The maximum atomic E-state index is 9.57. The zero-order valence-electron chi connectivity index (χ0n) is 9.72. The van der Waals surface area contributed by atoms with E-state index in [2.05, 4.69) is 10.2 Å². The summed E-state index contributed by atoms with van der Waals surface area (Å²) in [6, 6.07) is 9.20. The predicted molar refractivity (Wildman–Crippen MR) is 74.5 cm³/mol. The molecule has 0 aromatic heterocycles. The molecule has 0 saturated heterocycles. The summed E-state index contributed by atoms with van der Waals surface area (Å²) < 4.78 is 0. The molecule has 2 aromatic rings. The van der Waals surface area contributed by atoms with Gasteiger partial charge in [0.05, 0.1) is 11.6 Å². The molecular formula is C13H10Cl2N2O2. The van der Waals surface area contributed by atoms with Crippen molar-refractivity contribution >= 4 is 28.9 Å². The average Bonchev–Trinajstić information content (AvgIpc) is 2.34. The molecule has 0 saturated carbocycles. The van der Waals surface area contributed by atoms with Gasteiger partial charge >= 0.3 is 0 Å². The number of nitrogens with zero attached hydrogens (tertiary/aromatic N) is 2. The SMILES string of the molecule is Oc1ccc(CN=Nc2ccc(Cl)cc2Cl)c(O)c1. The number of halogens is 2. The predicted octanol–water partition coefficient (Wildman–Crippen LogP) is 4.69. The highest BCUT2D eigenvalue weighted by Crippen LogP contribution is 2.29. The minimum Gasteiger partial charge on any atom is -0.508 e. The molecule has 4 nitrogen and oxygen atoms in total. The van der Waals surface area contributed by atoms with Gasteiger partial charge in [-0.1, -0.05) is 23.2 Å². The quantitative estimate of drug-likeness (QED) is 0.807. The van der Waals surface area contributed by atoms with Crippen LogP contribution in [0.4, 0.5) is 5.69 Å². The van der Waals surface area contributed by atoms with Gasteiger partial charge < -0.3 is 10.2 Å². The molecule has 0 heterocycles. The second-order valence-corrected chi connectivity index (χ2v) is 4.65. The molecule has 0 bridgehead atoms. The third kappa shape index (κ3) is 3.59. The van der Waals surface area contributed by atoms with E-state index in [4.69, 9.17) is 28.3 Å². The Hall–Kier alpha value is -1.78. The van der Waals surface area contributed by atoms with Gasteiger partial charge in [0.15, 0.2) is 0 Å². The van der Waals surface area contributed by atoms with Crippen molar-refractivity contribution in [1.82, 2.24) is 0 Å². The van der Waals surface area contributed by atoms with Crippen molar-refractivity contribution < 1.29 is 10.2 Å². The van der Waals surface area contributed by atoms with Crippen LogP contribution in [0.1, 0.15) is 5.56 Å². The van der Waals surface area contributed by atoms with Crippen molar-refractivity contribution in [1.29, 1.82) is 0 Å². The van der Waals surface area contributed by atoms with Crippen LogP contribution in [0.3, 0.4) is 0 Å². The van der Waals surface area contributed by atoms with E-state index in [9.17, 15) is 5.11 Å². The van der Waals surface area contributed by atoms with E-state index in [1.165, 1.54) is 12.1 Å². The maximum Gasteiger partial charge on any atom is 0.124 e. The fourth-order valence-corrected chi connectivity index (χ4v) is 1.88. The van der Waals surface area contributed by atoms with Crippen molar-refractivity contribution in [3.8, 4) is 11.5 Å². The van der Waals surface area contributed by atoms with Crippen LogP contribution in [0.2, 0.25) is 10.0 Å². The number of aromatic hydroxyl groups is 2. The first kappa shape index (κ1) is 13.6. The Balaban J connectivity index is 2.11. The third-order valence-corrected chi connectivity index (χ3v) is 2.94. The molecule has 98 valence electrons. The first-order valence-corrected chi connectivity index (χ1v) is 6.15. The van der Waals surface area contributed by atoms with Gasteiger partial charge in [-0.15, -0.1) is 0 Å². The molecule has 2 rings (SSSR count). The Kier molecular flexibility index (Phi) is 4.24. The van der Waals surface area contributed by atoms with E-state index in [0.717, 1.165) is 0 Å². The number of hydrogen-bond donors (Lipinski definition) is 2.